The summed E-state index contributed by atoms with van der Waals surface area (Å²) in [5.74, 6) is -1.24. The van der Waals surface area contributed by atoms with Gasteiger partial charge in [0.25, 0.3) is 5.91 Å². The zero-order chi connectivity index (χ0) is 26.0. The minimum Gasteiger partial charge on any atom is -0.493 e. The SMILES string of the molecule is COc1ccnc(C(=O)NC2CCCC(OCC(C)C)C(OC)C(C)OC2=O)c1OCOC(C)=O. The van der Waals surface area contributed by atoms with Crippen LogP contribution in [0.3, 0.4) is 0 Å². The van der Waals surface area contributed by atoms with Gasteiger partial charge in [0.2, 0.25) is 6.79 Å². The lowest BCUT2D eigenvalue weighted by Gasteiger charge is -2.30. The van der Waals surface area contributed by atoms with Crippen LogP contribution >= 0.6 is 0 Å². The van der Waals surface area contributed by atoms with Gasteiger partial charge in [0.1, 0.15) is 18.2 Å². The third kappa shape index (κ3) is 8.36. The van der Waals surface area contributed by atoms with Crippen LogP contribution in [0.25, 0.3) is 0 Å². The molecule has 196 valence electrons. The number of aromatic nitrogens is 1. The van der Waals surface area contributed by atoms with Crippen molar-refractivity contribution in [3.05, 3.63) is 18.0 Å². The van der Waals surface area contributed by atoms with E-state index in [-0.39, 0.29) is 23.3 Å². The first-order valence-electron chi connectivity index (χ1n) is 11.6. The van der Waals surface area contributed by atoms with Gasteiger partial charge in [0.15, 0.2) is 17.2 Å². The number of esters is 2. The van der Waals surface area contributed by atoms with Crippen LogP contribution in [0.1, 0.15) is 57.4 Å². The van der Waals surface area contributed by atoms with Crippen molar-refractivity contribution in [1.29, 1.82) is 0 Å². The van der Waals surface area contributed by atoms with Crippen LogP contribution in [0, 0.1) is 5.92 Å². The highest BCUT2D eigenvalue weighted by Gasteiger charge is 2.35. The molecule has 0 bridgehead atoms. The number of hydrogen-bond acceptors (Lipinski definition) is 10. The van der Waals surface area contributed by atoms with Crippen molar-refractivity contribution < 1.29 is 42.8 Å². The molecule has 11 heteroatoms. The van der Waals surface area contributed by atoms with E-state index < -0.39 is 42.9 Å². The average molecular weight is 497 g/mol. The molecule has 1 aromatic rings. The minimum atomic E-state index is -0.916. The molecule has 2 rings (SSSR count). The molecule has 1 fully saturated rings. The Morgan fingerprint density at radius 1 is 1.26 bits per heavy atom. The molecule has 0 aromatic carbocycles. The number of cyclic esters (lactones) is 1. The number of methoxy groups -OCH3 is 2. The molecule has 1 aliphatic heterocycles. The van der Waals surface area contributed by atoms with Crippen LogP contribution in [-0.2, 0) is 28.5 Å². The molecule has 1 N–H and O–H groups in total. The number of carbonyl (C=O) groups is 3. The number of ether oxygens (including phenoxy) is 6. The third-order valence-electron chi connectivity index (χ3n) is 5.39. The van der Waals surface area contributed by atoms with Crippen LogP contribution in [0.15, 0.2) is 12.3 Å². The summed E-state index contributed by atoms with van der Waals surface area (Å²) in [7, 11) is 2.96. The molecular weight excluding hydrogens is 460 g/mol. The predicted molar refractivity (Wildman–Crippen MR) is 124 cm³/mol. The molecule has 0 aliphatic carbocycles. The summed E-state index contributed by atoms with van der Waals surface area (Å²) in [5, 5.41) is 2.69. The van der Waals surface area contributed by atoms with Crippen LogP contribution in [0.2, 0.25) is 0 Å². The number of pyridine rings is 1. The number of rotatable bonds is 10. The molecule has 0 saturated carbocycles. The zero-order valence-electron chi connectivity index (χ0n) is 21.2. The maximum atomic E-state index is 13.1. The molecule has 1 saturated heterocycles. The maximum Gasteiger partial charge on any atom is 0.329 e. The van der Waals surface area contributed by atoms with Crippen LogP contribution < -0.4 is 14.8 Å². The summed E-state index contributed by atoms with van der Waals surface area (Å²) in [6.07, 6.45) is 1.66. The van der Waals surface area contributed by atoms with Crippen LogP contribution in [0.4, 0.5) is 0 Å². The molecule has 1 aromatic heterocycles. The first-order chi connectivity index (χ1) is 16.7. The molecule has 1 aliphatic rings. The van der Waals surface area contributed by atoms with Gasteiger partial charge >= 0.3 is 11.9 Å². The minimum absolute atomic E-state index is 0.0138. The molecule has 35 heavy (non-hydrogen) atoms. The largest absolute Gasteiger partial charge is 0.493 e. The van der Waals surface area contributed by atoms with Gasteiger partial charge in [-0.1, -0.05) is 13.8 Å². The summed E-state index contributed by atoms with van der Waals surface area (Å²) >= 11 is 0. The number of hydrogen-bond donors (Lipinski definition) is 1. The normalized spacial score (nSPS) is 22.9. The van der Waals surface area contributed by atoms with Gasteiger partial charge in [0.05, 0.1) is 13.2 Å². The zero-order valence-corrected chi connectivity index (χ0v) is 21.2. The quantitative estimate of drug-likeness (QED) is 0.380. The van der Waals surface area contributed by atoms with Crippen LogP contribution in [-0.4, -0.2) is 74.8 Å². The van der Waals surface area contributed by atoms with Gasteiger partial charge in [-0.15, -0.1) is 0 Å². The maximum absolute atomic E-state index is 13.1. The Hall–Kier alpha value is -2.92. The molecule has 4 unspecified atom stereocenters. The topological polar surface area (TPSA) is 132 Å². The molecular formula is C24H36N2O9. The molecule has 4 atom stereocenters. The fourth-order valence-electron chi connectivity index (χ4n) is 3.70. The van der Waals surface area contributed by atoms with E-state index >= 15 is 0 Å². The third-order valence-corrected chi connectivity index (χ3v) is 5.39. The van der Waals surface area contributed by atoms with Crippen molar-refractivity contribution in [3.63, 3.8) is 0 Å². The van der Waals surface area contributed by atoms with E-state index in [1.54, 1.807) is 14.0 Å². The van der Waals surface area contributed by atoms with E-state index in [0.717, 1.165) is 0 Å². The summed E-state index contributed by atoms with van der Waals surface area (Å²) in [4.78, 5) is 41.2. The number of nitrogens with one attached hydrogen (secondary N) is 1. The Labute approximate surface area is 205 Å². The molecule has 0 spiro atoms. The van der Waals surface area contributed by atoms with Crippen molar-refractivity contribution in [2.45, 2.75) is 71.3 Å². The second-order valence-corrected chi connectivity index (χ2v) is 8.65. The van der Waals surface area contributed by atoms with E-state index in [2.05, 4.69) is 24.1 Å². The average Bonchev–Trinajstić information content (AvgIpc) is 2.85. The van der Waals surface area contributed by atoms with Gasteiger partial charge in [0, 0.05) is 32.9 Å². The Morgan fingerprint density at radius 3 is 2.63 bits per heavy atom. The molecule has 1 amide bonds. The Kier molecular flexibility index (Phi) is 11.2. The van der Waals surface area contributed by atoms with Crippen LogP contribution in [0.5, 0.6) is 11.5 Å². The van der Waals surface area contributed by atoms with E-state index in [1.165, 1.54) is 26.3 Å². The highest BCUT2D eigenvalue weighted by molar-refractivity contribution is 5.98. The second kappa shape index (κ2) is 13.8. The van der Waals surface area contributed by atoms with Crippen molar-refractivity contribution in [2.75, 3.05) is 27.6 Å². The number of nitrogens with zero attached hydrogens (tertiary/aromatic N) is 1. The summed E-state index contributed by atoms with van der Waals surface area (Å²) in [5.41, 5.74) is -0.120. The fourth-order valence-corrected chi connectivity index (χ4v) is 3.70. The van der Waals surface area contributed by atoms with E-state index in [1.807, 2.05) is 0 Å². The lowest BCUT2D eigenvalue weighted by atomic mass is 10.0. The lowest BCUT2D eigenvalue weighted by Crippen LogP contribution is -2.45. The number of amides is 1. The van der Waals surface area contributed by atoms with Crippen molar-refractivity contribution in [3.8, 4) is 11.5 Å². The fraction of sp³-hybridized carbons (Fsp3) is 0.667. The predicted octanol–water partition coefficient (Wildman–Crippen LogP) is 2.26. The smallest absolute Gasteiger partial charge is 0.329 e. The van der Waals surface area contributed by atoms with Gasteiger partial charge in [-0.25, -0.2) is 9.78 Å². The lowest BCUT2D eigenvalue weighted by molar-refractivity contribution is -0.165. The highest BCUT2D eigenvalue weighted by Crippen LogP contribution is 2.30. The van der Waals surface area contributed by atoms with E-state index in [9.17, 15) is 14.4 Å². The molecule has 11 nitrogen and oxygen atoms in total. The highest BCUT2D eigenvalue weighted by atomic mass is 16.7. The molecule has 2 heterocycles. The summed E-state index contributed by atoms with van der Waals surface area (Å²) in [6, 6.07) is 0.582. The Bertz CT molecular complexity index is 861. The first kappa shape index (κ1) is 28.3. The summed E-state index contributed by atoms with van der Waals surface area (Å²) in [6.45, 7) is 7.21. The Balaban J connectivity index is 2.18. The van der Waals surface area contributed by atoms with Gasteiger partial charge in [-0.2, -0.15) is 0 Å². The van der Waals surface area contributed by atoms with Gasteiger partial charge < -0.3 is 33.7 Å². The summed E-state index contributed by atoms with van der Waals surface area (Å²) < 4.78 is 32.8. The van der Waals surface area contributed by atoms with Gasteiger partial charge in [-0.3, -0.25) is 9.59 Å². The van der Waals surface area contributed by atoms with E-state index in [4.69, 9.17) is 28.4 Å². The number of carbonyl (C=O) groups excluding carboxylic acids is 3. The Morgan fingerprint density at radius 2 is 2.00 bits per heavy atom. The molecule has 0 radical (unpaired) electrons. The van der Waals surface area contributed by atoms with Gasteiger partial charge in [-0.05, 0) is 32.1 Å². The second-order valence-electron chi connectivity index (χ2n) is 8.65. The standard InChI is InChI=1S/C24H36N2O9/c1-14(2)12-32-19-9-7-8-17(24(29)35-15(3)21(19)31-6)26-23(28)20-22(34-13-33-16(4)27)18(30-5)10-11-25-20/h10-11,14-15,17,19,21H,7-9,12-13H2,1-6H3,(H,26,28). The first-order valence-corrected chi connectivity index (χ1v) is 11.6. The van der Waals surface area contributed by atoms with E-state index in [0.29, 0.717) is 31.8 Å². The van der Waals surface area contributed by atoms with Crippen molar-refractivity contribution >= 4 is 17.8 Å². The van der Waals surface area contributed by atoms with Crippen molar-refractivity contribution in [2.24, 2.45) is 5.92 Å². The monoisotopic (exact) mass is 496 g/mol. The van der Waals surface area contributed by atoms with Crippen molar-refractivity contribution in [1.82, 2.24) is 10.3 Å².